The molecule has 0 saturated heterocycles. The van der Waals surface area contributed by atoms with Gasteiger partial charge in [-0.1, -0.05) is 36.8 Å². The second-order valence-electron chi connectivity index (χ2n) is 6.91. The van der Waals surface area contributed by atoms with Crippen molar-refractivity contribution < 1.29 is 23.8 Å². The van der Waals surface area contributed by atoms with Crippen molar-refractivity contribution in [3.63, 3.8) is 0 Å². The molecular formula is C22H25NO5. The lowest BCUT2D eigenvalue weighted by Gasteiger charge is -2.42. The first-order valence-electron chi connectivity index (χ1n) is 9.29. The van der Waals surface area contributed by atoms with Gasteiger partial charge in [0.15, 0.2) is 18.1 Å². The predicted octanol–water partition coefficient (Wildman–Crippen LogP) is 3.10. The van der Waals surface area contributed by atoms with Crippen LogP contribution in [-0.4, -0.2) is 39.2 Å². The van der Waals surface area contributed by atoms with Crippen LogP contribution < -0.4 is 14.8 Å². The molecule has 2 aromatic carbocycles. The molecule has 6 heteroatoms. The summed E-state index contributed by atoms with van der Waals surface area (Å²) in [7, 11) is 2.78. The molecule has 0 bridgehead atoms. The Morgan fingerprint density at radius 2 is 1.79 bits per heavy atom. The van der Waals surface area contributed by atoms with Crippen molar-refractivity contribution in [3.8, 4) is 11.5 Å². The number of carbonyl (C=O) groups excluding carboxylic acids is 2. The average molecular weight is 383 g/mol. The minimum Gasteiger partial charge on any atom is -0.493 e. The quantitative estimate of drug-likeness (QED) is 0.709. The zero-order valence-corrected chi connectivity index (χ0v) is 16.2. The molecular weight excluding hydrogens is 358 g/mol. The van der Waals surface area contributed by atoms with Crippen LogP contribution in [0.2, 0.25) is 0 Å². The molecule has 0 spiro atoms. The number of methoxy groups -OCH3 is 2. The number of carbonyl (C=O) groups is 2. The molecule has 0 aliphatic heterocycles. The van der Waals surface area contributed by atoms with E-state index in [-0.39, 0.29) is 17.9 Å². The molecule has 1 aliphatic carbocycles. The van der Waals surface area contributed by atoms with Gasteiger partial charge in [-0.25, -0.2) is 4.79 Å². The van der Waals surface area contributed by atoms with E-state index in [1.54, 1.807) is 18.2 Å². The maximum Gasteiger partial charge on any atom is 0.343 e. The lowest BCUT2D eigenvalue weighted by atomic mass is 9.64. The van der Waals surface area contributed by atoms with E-state index in [2.05, 4.69) is 22.2 Å². The average Bonchev–Trinajstić information content (AvgIpc) is 2.71. The zero-order chi connectivity index (χ0) is 20.0. The van der Waals surface area contributed by atoms with Crippen LogP contribution in [0.3, 0.4) is 0 Å². The smallest absolute Gasteiger partial charge is 0.343 e. The highest BCUT2D eigenvalue weighted by Gasteiger charge is 2.38. The van der Waals surface area contributed by atoms with Gasteiger partial charge in [0.2, 0.25) is 0 Å². The molecule has 6 nitrogen and oxygen atoms in total. The lowest BCUT2D eigenvalue weighted by molar-refractivity contribution is -0.142. The Kier molecular flexibility index (Phi) is 6.19. The number of hydrogen-bond acceptors (Lipinski definition) is 5. The monoisotopic (exact) mass is 383 g/mol. The van der Waals surface area contributed by atoms with Gasteiger partial charge < -0.3 is 19.5 Å². The van der Waals surface area contributed by atoms with Gasteiger partial charge in [-0.3, -0.25) is 4.79 Å². The number of hydrogen-bond donors (Lipinski definition) is 1. The second kappa shape index (κ2) is 8.78. The summed E-state index contributed by atoms with van der Waals surface area (Å²) in [6, 6.07) is 15.2. The van der Waals surface area contributed by atoms with Crippen molar-refractivity contribution in [1.82, 2.24) is 5.32 Å². The number of benzene rings is 2. The fourth-order valence-corrected chi connectivity index (χ4v) is 3.44. The van der Waals surface area contributed by atoms with Gasteiger partial charge in [0.05, 0.1) is 14.2 Å². The van der Waals surface area contributed by atoms with E-state index >= 15 is 0 Å². The Morgan fingerprint density at radius 3 is 2.39 bits per heavy atom. The van der Waals surface area contributed by atoms with E-state index in [4.69, 9.17) is 9.47 Å². The van der Waals surface area contributed by atoms with Gasteiger partial charge in [0, 0.05) is 17.5 Å². The molecule has 0 aromatic heterocycles. The SMILES string of the molecule is COC(=O)COc1ccc(C(=O)NCC2(c3ccccc3)CCC2)cc1OC. The first kappa shape index (κ1) is 19.7. The van der Waals surface area contributed by atoms with E-state index in [0.717, 1.165) is 12.8 Å². The van der Waals surface area contributed by atoms with Crippen molar-refractivity contribution in [2.45, 2.75) is 24.7 Å². The van der Waals surface area contributed by atoms with E-state index in [9.17, 15) is 9.59 Å². The Balaban J connectivity index is 1.66. The van der Waals surface area contributed by atoms with Crippen molar-refractivity contribution in [2.75, 3.05) is 27.4 Å². The highest BCUT2D eigenvalue weighted by molar-refractivity contribution is 5.95. The summed E-state index contributed by atoms with van der Waals surface area (Å²) in [4.78, 5) is 23.9. The molecule has 0 heterocycles. The Hall–Kier alpha value is -3.02. The topological polar surface area (TPSA) is 73.9 Å². The van der Waals surface area contributed by atoms with E-state index < -0.39 is 5.97 Å². The van der Waals surface area contributed by atoms with Crippen LogP contribution in [0.25, 0.3) is 0 Å². The molecule has 0 unspecified atom stereocenters. The van der Waals surface area contributed by atoms with E-state index in [0.29, 0.717) is 23.6 Å². The summed E-state index contributed by atoms with van der Waals surface area (Å²) in [6.07, 6.45) is 3.31. The summed E-state index contributed by atoms with van der Waals surface area (Å²) < 4.78 is 15.2. The van der Waals surface area contributed by atoms with Crippen LogP contribution >= 0.6 is 0 Å². The molecule has 1 amide bonds. The van der Waals surface area contributed by atoms with Crippen LogP contribution in [-0.2, 0) is 14.9 Å². The molecule has 28 heavy (non-hydrogen) atoms. The summed E-state index contributed by atoms with van der Waals surface area (Å²) in [5.74, 6) is 0.109. The number of nitrogens with one attached hydrogen (secondary N) is 1. The zero-order valence-electron chi connectivity index (χ0n) is 16.2. The largest absolute Gasteiger partial charge is 0.493 e. The number of rotatable bonds is 8. The molecule has 148 valence electrons. The maximum absolute atomic E-state index is 12.7. The number of esters is 1. The summed E-state index contributed by atoms with van der Waals surface area (Å²) in [6.45, 7) is 0.372. The fourth-order valence-electron chi connectivity index (χ4n) is 3.44. The summed E-state index contributed by atoms with van der Waals surface area (Å²) >= 11 is 0. The van der Waals surface area contributed by atoms with Gasteiger partial charge in [-0.15, -0.1) is 0 Å². The van der Waals surface area contributed by atoms with Crippen LogP contribution in [0.1, 0.15) is 35.2 Å². The fraction of sp³-hybridized carbons (Fsp3) is 0.364. The standard InChI is InChI=1S/C22H25NO5/c1-26-19-13-16(9-10-18(19)28-14-20(24)27-2)21(25)23-15-22(11-6-12-22)17-7-4-3-5-8-17/h3-5,7-10,13H,6,11-12,14-15H2,1-2H3,(H,23,25). The molecule has 0 radical (unpaired) electrons. The van der Waals surface area contributed by atoms with Gasteiger partial charge in [0.25, 0.3) is 5.91 Å². The van der Waals surface area contributed by atoms with Crippen LogP contribution in [0.4, 0.5) is 0 Å². The van der Waals surface area contributed by atoms with Gasteiger partial charge >= 0.3 is 5.97 Å². The third kappa shape index (κ3) is 4.27. The first-order chi connectivity index (χ1) is 13.6. The summed E-state index contributed by atoms with van der Waals surface area (Å²) in [5, 5.41) is 3.06. The van der Waals surface area contributed by atoms with Gasteiger partial charge in [0.1, 0.15) is 0 Å². The maximum atomic E-state index is 12.7. The van der Waals surface area contributed by atoms with Crippen molar-refractivity contribution in [3.05, 3.63) is 59.7 Å². The molecule has 1 aliphatic rings. The molecule has 2 aromatic rings. The Labute approximate surface area is 164 Å². The second-order valence-corrected chi connectivity index (χ2v) is 6.91. The third-order valence-electron chi connectivity index (χ3n) is 5.28. The Morgan fingerprint density at radius 1 is 1.04 bits per heavy atom. The van der Waals surface area contributed by atoms with Crippen molar-refractivity contribution in [1.29, 1.82) is 0 Å². The molecule has 1 saturated carbocycles. The minimum atomic E-state index is -0.490. The number of ether oxygens (including phenoxy) is 3. The molecule has 0 atom stereocenters. The van der Waals surface area contributed by atoms with Crippen molar-refractivity contribution in [2.24, 2.45) is 0 Å². The molecule has 3 rings (SSSR count). The highest BCUT2D eigenvalue weighted by Crippen LogP contribution is 2.43. The van der Waals surface area contributed by atoms with Crippen molar-refractivity contribution >= 4 is 11.9 Å². The van der Waals surface area contributed by atoms with Gasteiger partial charge in [-0.05, 0) is 36.6 Å². The highest BCUT2D eigenvalue weighted by atomic mass is 16.6. The Bertz CT molecular complexity index is 830. The van der Waals surface area contributed by atoms with E-state index in [1.165, 1.54) is 26.2 Å². The minimum absolute atomic E-state index is 0.0184. The third-order valence-corrected chi connectivity index (χ3v) is 5.28. The predicted molar refractivity (Wildman–Crippen MR) is 105 cm³/mol. The molecule has 1 fully saturated rings. The summed E-state index contributed by atoms with van der Waals surface area (Å²) in [5.41, 5.74) is 1.76. The normalized spacial score (nSPS) is 14.5. The van der Waals surface area contributed by atoms with Crippen LogP contribution in [0.15, 0.2) is 48.5 Å². The first-order valence-corrected chi connectivity index (χ1v) is 9.29. The number of amides is 1. The van der Waals surface area contributed by atoms with E-state index in [1.807, 2.05) is 18.2 Å². The molecule has 1 N–H and O–H groups in total. The van der Waals surface area contributed by atoms with Gasteiger partial charge in [-0.2, -0.15) is 0 Å². The van der Waals surface area contributed by atoms with Crippen LogP contribution in [0.5, 0.6) is 11.5 Å². The lowest BCUT2D eigenvalue weighted by Crippen LogP contribution is -2.45. The van der Waals surface area contributed by atoms with Crippen LogP contribution in [0, 0.1) is 0 Å².